The molecule has 0 saturated carbocycles. The zero-order chi connectivity index (χ0) is 19.3. The topological polar surface area (TPSA) is 113 Å². The van der Waals surface area contributed by atoms with Crippen molar-refractivity contribution in [3.05, 3.63) is 40.7 Å². The summed E-state index contributed by atoms with van der Waals surface area (Å²) < 4.78 is 32.5. The normalized spacial score (nSPS) is 11.4. The SMILES string of the molecule is Cc1cccc(OCC(=O)NCCNS(=O)(=O)c2c(C)n[nH]c2C)c1C. The summed E-state index contributed by atoms with van der Waals surface area (Å²) in [5.74, 6) is 0.340. The molecule has 0 atom stereocenters. The van der Waals surface area contributed by atoms with E-state index >= 15 is 0 Å². The highest BCUT2D eigenvalue weighted by Crippen LogP contribution is 2.20. The van der Waals surface area contributed by atoms with Gasteiger partial charge in [0, 0.05) is 13.1 Å². The molecule has 0 aliphatic carbocycles. The Bertz CT molecular complexity index is 871. The Balaban J connectivity index is 1.77. The first-order chi connectivity index (χ1) is 12.2. The molecule has 0 bridgehead atoms. The van der Waals surface area contributed by atoms with Crippen LogP contribution in [0.3, 0.4) is 0 Å². The number of carbonyl (C=O) groups excluding carboxylic acids is 1. The van der Waals surface area contributed by atoms with Crippen molar-refractivity contribution in [1.82, 2.24) is 20.2 Å². The van der Waals surface area contributed by atoms with Gasteiger partial charge in [-0.1, -0.05) is 12.1 Å². The number of carbonyl (C=O) groups is 1. The van der Waals surface area contributed by atoms with Crippen molar-refractivity contribution in [3.8, 4) is 5.75 Å². The lowest BCUT2D eigenvalue weighted by molar-refractivity contribution is -0.123. The van der Waals surface area contributed by atoms with Gasteiger partial charge in [0.15, 0.2) is 6.61 Å². The minimum atomic E-state index is -3.67. The summed E-state index contributed by atoms with van der Waals surface area (Å²) in [6.07, 6.45) is 0. The van der Waals surface area contributed by atoms with Crippen LogP contribution >= 0.6 is 0 Å². The molecule has 0 unspecified atom stereocenters. The predicted molar refractivity (Wildman–Crippen MR) is 97.7 cm³/mol. The van der Waals surface area contributed by atoms with E-state index in [0.717, 1.165) is 11.1 Å². The molecule has 1 aromatic carbocycles. The monoisotopic (exact) mass is 380 g/mol. The van der Waals surface area contributed by atoms with Crippen LogP contribution in [0.25, 0.3) is 0 Å². The van der Waals surface area contributed by atoms with Crippen LogP contribution in [0.2, 0.25) is 0 Å². The molecule has 0 fully saturated rings. The average molecular weight is 380 g/mol. The van der Waals surface area contributed by atoms with Gasteiger partial charge in [0.1, 0.15) is 10.6 Å². The quantitative estimate of drug-likeness (QED) is 0.594. The Morgan fingerprint density at radius 2 is 1.92 bits per heavy atom. The van der Waals surface area contributed by atoms with Crippen molar-refractivity contribution in [2.75, 3.05) is 19.7 Å². The van der Waals surface area contributed by atoms with Gasteiger partial charge >= 0.3 is 0 Å². The van der Waals surface area contributed by atoms with Gasteiger partial charge in [0.05, 0.1) is 11.4 Å². The molecule has 1 heterocycles. The molecule has 9 heteroatoms. The van der Waals surface area contributed by atoms with Gasteiger partial charge in [0.25, 0.3) is 5.91 Å². The highest BCUT2D eigenvalue weighted by atomic mass is 32.2. The maximum atomic E-state index is 12.3. The number of aromatic amines is 1. The average Bonchev–Trinajstić information content (AvgIpc) is 2.92. The Morgan fingerprint density at radius 1 is 1.19 bits per heavy atom. The van der Waals surface area contributed by atoms with Crippen LogP contribution < -0.4 is 14.8 Å². The molecule has 8 nitrogen and oxygen atoms in total. The van der Waals surface area contributed by atoms with E-state index in [2.05, 4.69) is 20.2 Å². The third kappa shape index (κ3) is 4.83. The lowest BCUT2D eigenvalue weighted by Crippen LogP contribution is -2.37. The molecule has 2 rings (SSSR count). The second kappa shape index (κ2) is 8.33. The Hall–Kier alpha value is -2.39. The first kappa shape index (κ1) is 19.9. The van der Waals surface area contributed by atoms with E-state index in [-0.39, 0.29) is 30.5 Å². The van der Waals surface area contributed by atoms with Gasteiger partial charge in [0.2, 0.25) is 10.0 Å². The fourth-order valence-electron chi connectivity index (χ4n) is 2.47. The van der Waals surface area contributed by atoms with E-state index in [9.17, 15) is 13.2 Å². The molecule has 1 aromatic heterocycles. The molecule has 1 amide bonds. The number of benzene rings is 1. The van der Waals surface area contributed by atoms with Crippen molar-refractivity contribution in [3.63, 3.8) is 0 Å². The Morgan fingerprint density at radius 3 is 2.58 bits per heavy atom. The zero-order valence-electron chi connectivity index (χ0n) is 15.3. The second-order valence-electron chi connectivity index (χ2n) is 6.00. The smallest absolute Gasteiger partial charge is 0.257 e. The number of aryl methyl sites for hydroxylation is 3. The van der Waals surface area contributed by atoms with Crippen molar-refractivity contribution in [2.45, 2.75) is 32.6 Å². The number of nitrogens with zero attached hydrogens (tertiary/aromatic N) is 1. The largest absolute Gasteiger partial charge is 0.483 e. The summed E-state index contributed by atoms with van der Waals surface area (Å²) in [7, 11) is -3.67. The fraction of sp³-hybridized carbons (Fsp3) is 0.412. The minimum absolute atomic E-state index is 0.0710. The van der Waals surface area contributed by atoms with Crippen molar-refractivity contribution in [1.29, 1.82) is 0 Å². The van der Waals surface area contributed by atoms with Crippen LogP contribution in [-0.4, -0.2) is 44.2 Å². The molecular formula is C17H24N4O4S. The van der Waals surface area contributed by atoms with E-state index in [4.69, 9.17) is 4.74 Å². The highest BCUT2D eigenvalue weighted by molar-refractivity contribution is 7.89. The summed E-state index contributed by atoms with van der Waals surface area (Å²) in [6.45, 7) is 7.25. The number of H-pyrrole nitrogens is 1. The molecule has 0 radical (unpaired) electrons. The molecule has 0 saturated heterocycles. The summed E-state index contributed by atoms with van der Waals surface area (Å²) in [6, 6.07) is 5.64. The van der Waals surface area contributed by atoms with Crippen LogP contribution in [0.1, 0.15) is 22.5 Å². The number of sulfonamides is 1. The van der Waals surface area contributed by atoms with E-state index in [1.54, 1.807) is 19.9 Å². The van der Waals surface area contributed by atoms with Gasteiger partial charge in [-0.2, -0.15) is 5.10 Å². The van der Waals surface area contributed by atoms with E-state index in [1.165, 1.54) is 0 Å². The maximum absolute atomic E-state index is 12.3. The number of hydrogen-bond acceptors (Lipinski definition) is 5. The van der Waals surface area contributed by atoms with Crippen molar-refractivity contribution < 1.29 is 17.9 Å². The molecule has 2 aromatic rings. The number of hydrogen-bond donors (Lipinski definition) is 3. The molecule has 0 aliphatic heterocycles. The maximum Gasteiger partial charge on any atom is 0.257 e. The first-order valence-corrected chi connectivity index (χ1v) is 9.67. The Kier molecular flexibility index (Phi) is 6.38. The van der Waals surface area contributed by atoms with Gasteiger partial charge in [-0.25, -0.2) is 13.1 Å². The van der Waals surface area contributed by atoms with Gasteiger partial charge in [-0.15, -0.1) is 0 Å². The predicted octanol–water partition coefficient (Wildman–Crippen LogP) is 1.12. The van der Waals surface area contributed by atoms with Crippen LogP contribution in [0.15, 0.2) is 23.1 Å². The van der Waals surface area contributed by atoms with Gasteiger partial charge in [-0.3, -0.25) is 9.89 Å². The summed E-state index contributed by atoms with van der Waals surface area (Å²) in [4.78, 5) is 12.0. The number of nitrogens with one attached hydrogen (secondary N) is 3. The number of amides is 1. The van der Waals surface area contributed by atoms with Gasteiger partial charge < -0.3 is 10.1 Å². The second-order valence-corrected chi connectivity index (χ2v) is 7.70. The molecule has 26 heavy (non-hydrogen) atoms. The summed E-state index contributed by atoms with van der Waals surface area (Å²) in [5, 5.41) is 9.13. The standard InChI is InChI=1S/C17H24N4O4S/c1-11-6-5-7-15(12(11)2)25-10-16(22)18-8-9-19-26(23,24)17-13(3)20-21-14(17)4/h5-7,19H,8-10H2,1-4H3,(H,18,22)(H,20,21). The highest BCUT2D eigenvalue weighted by Gasteiger charge is 2.21. The lowest BCUT2D eigenvalue weighted by Gasteiger charge is -2.11. The Labute approximate surface area is 153 Å². The molecule has 142 valence electrons. The van der Waals surface area contributed by atoms with Crippen LogP contribution in [0, 0.1) is 27.7 Å². The lowest BCUT2D eigenvalue weighted by atomic mass is 10.1. The molecule has 0 spiro atoms. The number of aromatic nitrogens is 2. The molecule has 0 aliphatic rings. The zero-order valence-corrected chi connectivity index (χ0v) is 16.2. The third-order valence-electron chi connectivity index (χ3n) is 3.98. The van der Waals surface area contributed by atoms with Crippen LogP contribution in [0.5, 0.6) is 5.75 Å². The third-order valence-corrected chi connectivity index (χ3v) is 5.71. The van der Waals surface area contributed by atoms with Crippen LogP contribution in [0.4, 0.5) is 0 Å². The van der Waals surface area contributed by atoms with Crippen molar-refractivity contribution in [2.24, 2.45) is 0 Å². The first-order valence-electron chi connectivity index (χ1n) is 8.19. The van der Waals surface area contributed by atoms with E-state index < -0.39 is 10.0 Å². The van der Waals surface area contributed by atoms with Crippen molar-refractivity contribution >= 4 is 15.9 Å². The fourth-order valence-corrected chi connectivity index (χ4v) is 3.87. The number of rotatable bonds is 8. The minimum Gasteiger partial charge on any atom is -0.483 e. The van der Waals surface area contributed by atoms with E-state index in [0.29, 0.717) is 17.1 Å². The molecule has 3 N–H and O–H groups in total. The van der Waals surface area contributed by atoms with Crippen LogP contribution in [-0.2, 0) is 14.8 Å². The summed E-state index contributed by atoms with van der Waals surface area (Å²) in [5.41, 5.74) is 2.95. The van der Waals surface area contributed by atoms with E-state index in [1.807, 2.05) is 26.0 Å². The summed E-state index contributed by atoms with van der Waals surface area (Å²) >= 11 is 0. The van der Waals surface area contributed by atoms with Gasteiger partial charge in [-0.05, 0) is 44.9 Å². The molecular weight excluding hydrogens is 356 g/mol. The number of ether oxygens (including phenoxy) is 1.